The van der Waals surface area contributed by atoms with Crippen LogP contribution >= 0.6 is 0 Å². The van der Waals surface area contributed by atoms with Gasteiger partial charge in [0.15, 0.2) is 0 Å². The van der Waals surface area contributed by atoms with E-state index in [0.29, 0.717) is 24.1 Å². The van der Waals surface area contributed by atoms with Crippen molar-refractivity contribution in [1.82, 2.24) is 5.32 Å². The summed E-state index contributed by atoms with van der Waals surface area (Å²) in [6, 6.07) is 3.16. The summed E-state index contributed by atoms with van der Waals surface area (Å²) >= 11 is 0. The Labute approximate surface area is 117 Å². The number of hydrogen-bond donors (Lipinski definition) is 2. The van der Waals surface area contributed by atoms with E-state index in [-0.39, 0.29) is 23.9 Å². The minimum atomic E-state index is -0.291. The minimum Gasteiger partial charge on any atom is -0.376 e. The molecule has 5 heteroatoms. The predicted molar refractivity (Wildman–Crippen MR) is 74.1 cm³/mol. The fourth-order valence-electron chi connectivity index (χ4n) is 3.07. The predicted octanol–water partition coefficient (Wildman–Crippen LogP) is 2.15. The molecule has 1 amide bonds. The Kier molecular flexibility index (Phi) is 3.72. The molecule has 0 radical (unpaired) electrons. The topological polar surface area (TPSA) is 50.4 Å². The minimum absolute atomic E-state index is 0.0192. The van der Waals surface area contributed by atoms with Crippen LogP contribution in [0.4, 0.5) is 10.1 Å². The van der Waals surface area contributed by atoms with E-state index in [0.717, 1.165) is 25.0 Å². The Morgan fingerprint density at radius 3 is 3.00 bits per heavy atom. The van der Waals surface area contributed by atoms with Crippen LogP contribution in [0.1, 0.15) is 36.4 Å². The summed E-state index contributed by atoms with van der Waals surface area (Å²) in [5.41, 5.74) is 2.23. The highest BCUT2D eigenvalue weighted by atomic mass is 19.1. The number of amides is 1. The van der Waals surface area contributed by atoms with Crippen molar-refractivity contribution in [2.24, 2.45) is 0 Å². The number of fused-ring (bicyclic) bond motifs is 1. The fourth-order valence-corrected chi connectivity index (χ4v) is 3.07. The highest BCUT2D eigenvalue weighted by molar-refractivity contribution is 5.93. The third kappa shape index (κ3) is 2.43. The van der Waals surface area contributed by atoms with Gasteiger partial charge in [-0.2, -0.15) is 0 Å². The van der Waals surface area contributed by atoms with Crippen molar-refractivity contribution >= 4 is 11.6 Å². The Bertz CT molecular complexity index is 527. The van der Waals surface area contributed by atoms with E-state index in [2.05, 4.69) is 10.6 Å². The van der Waals surface area contributed by atoms with Gasteiger partial charge in [-0.1, -0.05) is 0 Å². The first-order chi connectivity index (χ1) is 9.69. The van der Waals surface area contributed by atoms with Crippen molar-refractivity contribution in [2.75, 3.05) is 19.0 Å². The van der Waals surface area contributed by atoms with E-state index in [1.54, 1.807) is 0 Å². The molecule has 1 saturated heterocycles. The molecule has 1 aromatic carbocycles. The zero-order valence-electron chi connectivity index (χ0n) is 11.5. The number of carbonyl (C=O) groups is 1. The monoisotopic (exact) mass is 278 g/mol. The zero-order valence-corrected chi connectivity index (χ0v) is 11.5. The molecule has 20 heavy (non-hydrogen) atoms. The van der Waals surface area contributed by atoms with E-state index < -0.39 is 0 Å². The molecule has 0 aliphatic carbocycles. The van der Waals surface area contributed by atoms with Crippen LogP contribution in [0.15, 0.2) is 12.1 Å². The molecule has 0 saturated carbocycles. The van der Waals surface area contributed by atoms with Gasteiger partial charge in [-0.15, -0.1) is 0 Å². The number of hydrogen-bond acceptors (Lipinski definition) is 3. The van der Waals surface area contributed by atoms with Crippen molar-refractivity contribution < 1.29 is 13.9 Å². The van der Waals surface area contributed by atoms with Crippen LogP contribution in [0.25, 0.3) is 0 Å². The van der Waals surface area contributed by atoms with Crippen molar-refractivity contribution in [1.29, 1.82) is 0 Å². The molecule has 1 aromatic rings. The summed E-state index contributed by atoms with van der Waals surface area (Å²) < 4.78 is 20.0. The molecule has 2 N–H and O–H groups in total. The molecule has 4 nitrogen and oxygen atoms in total. The molecule has 3 rings (SSSR count). The lowest BCUT2D eigenvalue weighted by Gasteiger charge is -2.26. The number of anilines is 1. The van der Waals surface area contributed by atoms with Gasteiger partial charge in [0.05, 0.1) is 12.1 Å². The summed E-state index contributed by atoms with van der Waals surface area (Å²) in [4.78, 5) is 11.4. The maximum absolute atomic E-state index is 14.3. The highest BCUT2D eigenvalue weighted by Crippen LogP contribution is 2.33. The van der Waals surface area contributed by atoms with Gasteiger partial charge in [-0.25, -0.2) is 4.39 Å². The standard InChI is InChI=1S/C15H19FN2O2/c1-17-15(13-3-2-6-20-13)10-7-9-4-5-14(19)18-12(9)8-11(10)16/h7-8,13,15,17H,2-6H2,1H3,(H,18,19). The first-order valence-corrected chi connectivity index (χ1v) is 7.10. The molecule has 2 aliphatic heterocycles. The van der Waals surface area contributed by atoms with Gasteiger partial charge in [0.25, 0.3) is 0 Å². The molecular formula is C15H19FN2O2. The van der Waals surface area contributed by atoms with Crippen molar-refractivity contribution in [3.8, 4) is 0 Å². The second-order valence-corrected chi connectivity index (χ2v) is 5.40. The largest absolute Gasteiger partial charge is 0.376 e. The maximum Gasteiger partial charge on any atom is 0.224 e. The Morgan fingerprint density at radius 2 is 2.30 bits per heavy atom. The van der Waals surface area contributed by atoms with Crippen molar-refractivity contribution in [3.05, 3.63) is 29.1 Å². The molecule has 2 unspecified atom stereocenters. The molecule has 0 spiro atoms. The summed E-state index contributed by atoms with van der Waals surface area (Å²) in [5, 5.41) is 5.89. The van der Waals surface area contributed by atoms with Crippen molar-refractivity contribution in [2.45, 2.75) is 37.8 Å². The van der Waals surface area contributed by atoms with Crippen LogP contribution in [0.3, 0.4) is 0 Å². The lowest BCUT2D eigenvalue weighted by Crippen LogP contribution is -2.30. The van der Waals surface area contributed by atoms with Gasteiger partial charge >= 0.3 is 0 Å². The number of benzene rings is 1. The maximum atomic E-state index is 14.3. The summed E-state index contributed by atoms with van der Waals surface area (Å²) in [6.07, 6.45) is 3.11. The van der Waals surface area contributed by atoms with Crippen LogP contribution in [0, 0.1) is 5.82 Å². The van der Waals surface area contributed by atoms with Crippen LogP contribution in [-0.4, -0.2) is 25.7 Å². The first kappa shape index (κ1) is 13.5. The number of rotatable bonds is 3. The molecule has 0 bridgehead atoms. The van der Waals surface area contributed by atoms with Crippen LogP contribution in [0.5, 0.6) is 0 Å². The number of nitrogens with one attached hydrogen (secondary N) is 2. The summed E-state index contributed by atoms with van der Waals surface area (Å²) in [7, 11) is 1.83. The summed E-state index contributed by atoms with van der Waals surface area (Å²) in [5.74, 6) is -0.338. The number of carbonyl (C=O) groups excluding carboxylic acids is 1. The lowest BCUT2D eigenvalue weighted by atomic mass is 9.93. The van der Waals surface area contributed by atoms with E-state index in [1.807, 2.05) is 13.1 Å². The summed E-state index contributed by atoms with van der Waals surface area (Å²) in [6.45, 7) is 0.742. The molecule has 2 heterocycles. The van der Waals surface area contributed by atoms with Gasteiger partial charge in [0.1, 0.15) is 5.82 Å². The average Bonchev–Trinajstić information content (AvgIpc) is 2.94. The van der Waals surface area contributed by atoms with E-state index >= 15 is 0 Å². The third-order valence-corrected chi connectivity index (χ3v) is 4.10. The number of likely N-dealkylation sites (N-methyl/N-ethyl adjacent to an activating group) is 1. The number of ether oxygens (including phenoxy) is 1. The van der Waals surface area contributed by atoms with Crippen molar-refractivity contribution in [3.63, 3.8) is 0 Å². The third-order valence-electron chi connectivity index (χ3n) is 4.10. The molecular weight excluding hydrogens is 259 g/mol. The molecule has 108 valence electrons. The van der Waals surface area contributed by atoms with Gasteiger partial charge in [-0.05, 0) is 44.0 Å². The van der Waals surface area contributed by atoms with Gasteiger partial charge in [-0.3, -0.25) is 4.79 Å². The van der Waals surface area contributed by atoms with Crippen LogP contribution in [-0.2, 0) is 16.0 Å². The number of halogens is 1. The molecule has 0 aromatic heterocycles. The Balaban J connectivity index is 1.94. The highest BCUT2D eigenvalue weighted by Gasteiger charge is 2.29. The van der Waals surface area contributed by atoms with Gasteiger partial charge in [0, 0.05) is 24.3 Å². The average molecular weight is 278 g/mol. The smallest absolute Gasteiger partial charge is 0.224 e. The number of aryl methyl sites for hydroxylation is 1. The quantitative estimate of drug-likeness (QED) is 0.890. The Hall–Kier alpha value is -1.46. The van der Waals surface area contributed by atoms with E-state index in [1.165, 1.54) is 6.07 Å². The molecule has 2 aliphatic rings. The van der Waals surface area contributed by atoms with Gasteiger partial charge in [0.2, 0.25) is 5.91 Å². The van der Waals surface area contributed by atoms with Crippen LogP contribution in [0.2, 0.25) is 0 Å². The van der Waals surface area contributed by atoms with E-state index in [4.69, 9.17) is 4.74 Å². The van der Waals surface area contributed by atoms with Crippen LogP contribution < -0.4 is 10.6 Å². The fraction of sp³-hybridized carbons (Fsp3) is 0.533. The second-order valence-electron chi connectivity index (χ2n) is 5.40. The zero-order chi connectivity index (χ0) is 14.1. The molecule has 1 fully saturated rings. The SMILES string of the molecule is CNC(c1cc2c(cc1F)NC(=O)CC2)C1CCCO1. The Morgan fingerprint density at radius 1 is 1.45 bits per heavy atom. The molecule has 2 atom stereocenters. The second kappa shape index (κ2) is 5.50. The van der Waals surface area contributed by atoms with Gasteiger partial charge < -0.3 is 15.4 Å². The normalized spacial score (nSPS) is 23.3. The lowest BCUT2D eigenvalue weighted by molar-refractivity contribution is -0.116. The first-order valence-electron chi connectivity index (χ1n) is 7.10. The van der Waals surface area contributed by atoms with E-state index in [9.17, 15) is 9.18 Å².